The number of nitrogens with zero attached hydrogens (tertiary/aromatic N) is 1. The smallest absolute Gasteiger partial charge is 0.419 e. The molecule has 0 saturated carbocycles. The van der Waals surface area contributed by atoms with Crippen molar-refractivity contribution in [1.82, 2.24) is 9.97 Å². The van der Waals surface area contributed by atoms with Crippen LogP contribution in [0.3, 0.4) is 0 Å². The summed E-state index contributed by atoms with van der Waals surface area (Å²) in [7, 11) is 0. The Morgan fingerprint density at radius 1 is 1.13 bits per heavy atom. The number of alkyl halides is 3. The van der Waals surface area contributed by atoms with Gasteiger partial charge in [0, 0.05) is 0 Å². The molecule has 1 aromatic heterocycles. The lowest BCUT2D eigenvalue weighted by Gasteiger charge is -2.12. The van der Waals surface area contributed by atoms with Gasteiger partial charge in [0.25, 0.3) is 5.56 Å². The zero-order chi connectivity index (χ0) is 16.6. The Bertz CT molecular complexity index is 935. The number of aromatic amines is 1. The Morgan fingerprint density at radius 2 is 1.91 bits per heavy atom. The lowest BCUT2D eigenvalue weighted by Crippen LogP contribution is -2.09. The molecule has 0 aliphatic heterocycles. The molecule has 3 rings (SSSR count). The first-order valence-corrected chi connectivity index (χ1v) is 6.37. The number of aromatic nitrogens is 2. The molecule has 1 N–H and O–H groups in total. The molecule has 118 valence electrons. The van der Waals surface area contributed by atoms with Crippen molar-refractivity contribution in [1.29, 1.82) is 0 Å². The first-order chi connectivity index (χ1) is 10.9. The summed E-state index contributed by atoms with van der Waals surface area (Å²) in [5.41, 5.74) is -1.48. The first kappa shape index (κ1) is 15.0. The Kier molecular flexibility index (Phi) is 3.51. The normalized spacial score (nSPS) is 11.7. The predicted octanol–water partition coefficient (Wildman–Crippen LogP) is 3.87. The van der Waals surface area contributed by atoms with Crippen molar-refractivity contribution in [2.45, 2.75) is 6.18 Å². The van der Waals surface area contributed by atoms with Gasteiger partial charge in [-0.3, -0.25) is 4.79 Å². The van der Waals surface area contributed by atoms with Crippen LogP contribution in [-0.2, 0) is 6.18 Å². The molecule has 0 fully saturated rings. The van der Waals surface area contributed by atoms with Crippen LogP contribution in [0.5, 0.6) is 11.5 Å². The number of nitrogens with one attached hydrogen (secondary N) is 1. The fraction of sp³-hybridized carbons (Fsp3) is 0.0667. The van der Waals surface area contributed by atoms with Gasteiger partial charge in [0.1, 0.15) is 5.75 Å². The summed E-state index contributed by atoms with van der Waals surface area (Å²) in [4.78, 5) is 17.9. The lowest BCUT2D eigenvalue weighted by atomic mass is 10.2. The van der Waals surface area contributed by atoms with Crippen LogP contribution < -0.4 is 10.3 Å². The third-order valence-corrected chi connectivity index (χ3v) is 3.11. The van der Waals surface area contributed by atoms with Crippen molar-refractivity contribution in [3.8, 4) is 11.5 Å². The van der Waals surface area contributed by atoms with E-state index in [0.29, 0.717) is 11.6 Å². The topological polar surface area (TPSA) is 55.0 Å². The third-order valence-electron chi connectivity index (χ3n) is 3.11. The molecule has 4 nitrogen and oxygen atoms in total. The van der Waals surface area contributed by atoms with Gasteiger partial charge in [0.2, 0.25) is 0 Å². The van der Waals surface area contributed by atoms with Gasteiger partial charge in [-0.15, -0.1) is 0 Å². The summed E-state index contributed by atoms with van der Waals surface area (Å²) in [6.45, 7) is 0. The van der Waals surface area contributed by atoms with E-state index in [4.69, 9.17) is 4.74 Å². The van der Waals surface area contributed by atoms with Gasteiger partial charge in [0.05, 0.1) is 22.8 Å². The fourth-order valence-electron chi connectivity index (χ4n) is 2.05. The van der Waals surface area contributed by atoms with Crippen molar-refractivity contribution < 1.29 is 22.3 Å². The van der Waals surface area contributed by atoms with Gasteiger partial charge in [0.15, 0.2) is 11.6 Å². The minimum Gasteiger partial charge on any atom is -0.454 e. The molecule has 23 heavy (non-hydrogen) atoms. The van der Waals surface area contributed by atoms with Gasteiger partial charge in [-0.25, -0.2) is 9.37 Å². The van der Waals surface area contributed by atoms with E-state index < -0.39 is 28.9 Å². The second kappa shape index (κ2) is 5.38. The van der Waals surface area contributed by atoms with Crippen LogP contribution >= 0.6 is 0 Å². The molecule has 0 spiro atoms. The van der Waals surface area contributed by atoms with Gasteiger partial charge >= 0.3 is 6.18 Å². The number of fused-ring (bicyclic) bond motifs is 1. The summed E-state index contributed by atoms with van der Waals surface area (Å²) in [6, 6.07) is 6.84. The highest BCUT2D eigenvalue weighted by molar-refractivity contribution is 5.78. The van der Waals surface area contributed by atoms with Crippen LogP contribution in [0.15, 0.2) is 47.5 Å². The van der Waals surface area contributed by atoms with Crippen molar-refractivity contribution in [2.24, 2.45) is 0 Å². The van der Waals surface area contributed by atoms with Crippen LogP contribution in [0.1, 0.15) is 5.56 Å². The van der Waals surface area contributed by atoms with E-state index in [1.807, 2.05) is 0 Å². The maximum Gasteiger partial charge on any atom is 0.419 e. The number of ether oxygens (including phenoxy) is 1. The molecule has 2 aromatic carbocycles. The Morgan fingerprint density at radius 3 is 2.65 bits per heavy atom. The molecule has 3 aromatic rings. The Labute approximate surface area is 126 Å². The number of rotatable bonds is 2. The number of H-pyrrole nitrogens is 1. The molecular weight excluding hydrogens is 316 g/mol. The summed E-state index contributed by atoms with van der Waals surface area (Å²) >= 11 is 0. The van der Waals surface area contributed by atoms with Crippen LogP contribution in [-0.4, -0.2) is 9.97 Å². The summed E-state index contributed by atoms with van der Waals surface area (Å²) < 4.78 is 57.1. The molecule has 0 saturated heterocycles. The second-order valence-electron chi connectivity index (χ2n) is 4.63. The molecule has 1 heterocycles. The van der Waals surface area contributed by atoms with E-state index in [1.54, 1.807) is 0 Å². The van der Waals surface area contributed by atoms with Crippen molar-refractivity contribution >= 4 is 10.9 Å². The van der Waals surface area contributed by atoms with Crippen molar-refractivity contribution in [3.05, 3.63) is 64.5 Å². The molecule has 0 atom stereocenters. The fourth-order valence-corrected chi connectivity index (χ4v) is 2.05. The number of benzene rings is 2. The Hall–Kier alpha value is -2.90. The van der Waals surface area contributed by atoms with E-state index in [-0.39, 0.29) is 11.1 Å². The highest BCUT2D eigenvalue weighted by atomic mass is 19.4. The van der Waals surface area contributed by atoms with Gasteiger partial charge in [-0.1, -0.05) is 6.07 Å². The van der Waals surface area contributed by atoms with E-state index in [1.165, 1.54) is 24.5 Å². The third kappa shape index (κ3) is 2.87. The minimum absolute atomic E-state index is 0.0224. The van der Waals surface area contributed by atoms with E-state index >= 15 is 0 Å². The summed E-state index contributed by atoms with van der Waals surface area (Å²) in [6.07, 6.45) is -3.61. The van der Waals surface area contributed by atoms with Crippen LogP contribution in [0.25, 0.3) is 10.9 Å². The molecular formula is C15H8F4N2O2. The largest absolute Gasteiger partial charge is 0.454 e. The van der Waals surface area contributed by atoms with Crippen LogP contribution in [0, 0.1) is 5.82 Å². The van der Waals surface area contributed by atoms with Crippen LogP contribution in [0.2, 0.25) is 0 Å². The monoisotopic (exact) mass is 324 g/mol. The number of hydrogen-bond acceptors (Lipinski definition) is 3. The SMILES string of the molecule is O=c1[nH]cnc2ccc(Oc3cccc(C(F)(F)F)c3F)cc12. The Balaban J connectivity index is 2.03. The molecule has 0 radical (unpaired) electrons. The number of halogens is 4. The second-order valence-corrected chi connectivity index (χ2v) is 4.63. The van der Waals surface area contributed by atoms with Crippen molar-refractivity contribution in [3.63, 3.8) is 0 Å². The average molecular weight is 324 g/mol. The minimum atomic E-state index is -4.83. The zero-order valence-corrected chi connectivity index (χ0v) is 11.3. The van der Waals surface area contributed by atoms with E-state index in [0.717, 1.165) is 12.1 Å². The summed E-state index contributed by atoms with van der Waals surface area (Å²) in [5, 5.41) is 0.178. The quantitative estimate of drug-likeness (QED) is 0.728. The first-order valence-electron chi connectivity index (χ1n) is 6.37. The van der Waals surface area contributed by atoms with Gasteiger partial charge < -0.3 is 9.72 Å². The maximum absolute atomic E-state index is 13.9. The highest BCUT2D eigenvalue weighted by Gasteiger charge is 2.35. The van der Waals surface area contributed by atoms with Gasteiger partial charge in [-0.2, -0.15) is 13.2 Å². The highest BCUT2D eigenvalue weighted by Crippen LogP contribution is 2.36. The average Bonchev–Trinajstić information content (AvgIpc) is 2.49. The van der Waals surface area contributed by atoms with E-state index in [9.17, 15) is 22.4 Å². The molecule has 8 heteroatoms. The van der Waals surface area contributed by atoms with Gasteiger partial charge in [-0.05, 0) is 30.3 Å². The molecule has 0 amide bonds. The molecule has 0 unspecified atom stereocenters. The van der Waals surface area contributed by atoms with E-state index in [2.05, 4.69) is 9.97 Å². The lowest BCUT2D eigenvalue weighted by molar-refractivity contribution is -0.140. The molecule has 0 aliphatic carbocycles. The summed E-state index contributed by atoms with van der Waals surface area (Å²) in [5.74, 6) is -2.08. The number of hydrogen-bond donors (Lipinski definition) is 1. The molecule has 0 aliphatic rings. The predicted molar refractivity (Wildman–Crippen MR) is 73.8 cm³/mol. The standard InChI is InChI=1S/C15H8F4N2O2/c16-13-10(15(17,18)19)2-1-3-12(13)23-8-4-5-11-9(6-8)14(22)21-7-20-11/h1-7H,(H,20,21,22). The van der Waals surface area contributed by atoms with Crippen LogP contribution in [0.4, 0.5) is 17.6 Å². The van der Waals surface area contributed by atoms with Crippen molar-refractivity contribution in [2.75, 3.05) is 0 Å². The zero-order valence-electron chi connectivity index (χ0n) is 11.3. The molecule has 0 bridgehead atoms. The maximum atomic E-state index is 13.9.